The first-order valence-corrected chi connectivity index (χ1v) is 9.47. The van der Waals surface area contributed by atoms with Gasteiger partial charge in [0.2, 0.25) is 16.0 Å². The molecule has 0 aliphatic rings. The van der Waals surface area contributed by atoms with E-state index in [1.807, 2.05) is 6.07 Å². The van der Waals surface area contributed by atoms with E-state index >= 15 is 0 Å². The average Bonchev–Trinajstić information content (AvgIpc) is 2.65. The van der Waals surface area contributed by atoms with Crippen LogP contribution in [0.1, 0.15) is 19.4 Å². The van der Waals surface area contributed by atoms with E-state index in [4.69, 9.17) is 11.8 Å². The first kappa shape index (κ1) is 19.4. The Morgan fingerprint density at radius 2 is 1.65 bits per heavy atom. The Bertz CT molecular complexity index is 946. The van der Waals surface area contributed by atoms with Crippen molar-refractivity contribution in [2.75, 3.05) is 13.1 Å². The molecule has 0 amide bonds. The highest BCUT2D eigenvalue weighted by Crippen LogP contribution is 2.33. The SMILES string of the molecule is [C-]#[N+]c1cnc(SSc2ncc(C#N)c(=NCC)n2O)n(O)c1=NCC. The molecule has 26 heavy (non-hydrogen) atoms. The highest BCUT2D eigenvalue weighted by atomic mass is 33.1. The summed E-state index contributed by atoms with van der Waals surface area (Å²) in [6.07, 6.45) is 2.62. The molecule has 134 valence electrons. The molecule has 0 atom stereocenters. The van der Waals surface area contributed by atoms with Crippen LogP contribution in [0.15, 0.2) is 32.7 Å². The van der Waals surface area contributed by atoms with E-state index in [9.17, 15) is 10.4 Å². The van der Waals surface area contributed by atoms with Gasteiger partial charge in [-0.1, -0.05) is 0 Å². The van der Waals surface area contributed by atoms with Crippen molar-refractivity contribution in [3.05, 3.63) is 40.3 Å². The summed E-state index contributed by atoms with van der Waals surface area (Å²) in [5.74, 6) is 0. The summed E-state index contributed by atoms with van der Waals surface area (Å²) in [7, 11) is 2.00. The van der Waals surface area contributed by atoms with Gasteiger partial charge in [0.1, 0.15) is 11.6 Å². The number of hydrogen-bond donors (Lipinski definition) is 2. The monoisotopic (exact) mass is 390 g/mol. The molecular formula is C14H14N8O2S2. The van der Waals surface area contributed by atoms with Crippen LogP contribution in [0.4, 0.5) is 5.69 Å². The van der Waals surface area contributed by atoms with Gasteiger partial charge in [-0.25, -0.2) is 14.8 Å². The summed E-state index contributed by atoms with van der Waals surface area (Å²) in [6.45, 7) is 11.4. The summed E-state index contributed by atoms with van der Waals surface area (Å²) in [6, 6.07) is 1.92. The molecule has 0 bridgehead atoms. The zero-order valence-electron chi connectivity index (χ0n) is 13.9. The fourth-order valence-electron chi connectivity index (χ4n) is 1.81. The van der Waals surface area contributed by atoms with Gasteiger partial charge < -0.3 is 10.4 Å². The van der Waals surface area contributed by atoms with Crippen molar-refractivity contribution in [2.24, 2.45) is 9.98 Å². The predicted octanol–water partition coefficient (Wildman–Crippen LogP) is 1.62. The maximum absolute atomic E-state index is 10.2. The molecule has 0 unspecified atom stereocenters. The molecule has 0 radical (unpaired) electrons. The predicted molar refractivity (Wildman–Crippen MR) is 93.7 cm³/mol. The lowest BCUT2D eigenvalue weighted by Crippen LogP contribution is -2.25. The van der Waals surface area contributed by atoms with E-state index < -0.39 is 0 Å². The van der Waals surface area contributed by atoms with E-state index in [1.54, 1.807) is 13.8 Å². The van der Waals surface area contributed by atoms with Crippen LogP contribution >= 0.6 is 21.6 Å². The van der Waals surface area contributed by atoms with Crippen LogP contribution in [0.25, 0.3) is 4.85 Å². The fourth-order valence-corrected chi connectivity index (χ4v) is 3.59. The number of hydrogen-bond acceptors (Lipinski definition) is 9. The van der Waals surface area contributed by atoms with Crippen LogP contribution in [0.5, 0.6) is 0 Å². The Morgan fingerprint density at radius 3 is 2.19 bits per heavy atom. The summed E-state index contributed by atoms with van der Waals surface area (Å²) >= 11 is 0. The average molecular weight is 390 g/mol. The Kier molecular flexibility index (Phi) is 6.66. The maximum Gasteiger partial charge on any atom is 0.249 e. The van der Waals surface area contributed by atoms with E-state index in [0.717, 1.165) is 26.3 Å². The normalized spacial score (nSPS) is 12.0. The minimum Gasteiger partial charge on any atom is -0.426 e. The summed E-state index contributed by atoms with van der Waals surface area (Å²) in [5.41, 5.74) is 0.473. The molecule has 10 nitrogen and oxygen atoms in total. The molecule has 0 aromatic carbocycles. The van der Waals surface area contributed by atoms with Gasteiger partial charge in [-0.2, -0.15) is 9.99 Å². The lowest BCUT2D eigenvalue weighted by Gasteiger charge is -2.08. The molecule has 2 aromatic rings. The minimum absolute atomic E-state index is 0.1000. The standard InChI is InChI=1S/C14H14N8O2S2/c1-4-17-11-9(6-15)7-19-13(21(11)23)25-26-14-20-8-10(16-3)12(18-5-2)22(14)24/h7-8,23-24H,4-5H2,1-2H3. The fraction of sp³-hybridized carbons (Fsp3) is 0.286. The highest BCUT2D eigenvalue weighted by molar-refractivity contribution is 8.76. The summed E-state index contributed by atoms with van der Waals surface area (Å²) in [5, 5.41) is 29.8. The Balaban J connectivity index is 2.40. The molecule has 0 fully saturated rings. The largest absolute Gasteiger partial charge is 0.426 e. The molecule has 0 aliphatic heterocycles. The molecule has 2 heterocycles. The van der Waals surface area contributed by atoms with Gasteiger partial charge in [-0.3, -0.25) is 9.98 Å². The van der Waals surface area contributed by atoms with E-state index in [-0.39, 0.29) is 32.5 Å². The van der Waals surface area contributed by atoms with Gasteiger partial charge in [0.25, 0.3) is 0 Å². The van der Waals surface area contributed by atoms with E-state index in [1.165, 1.54) is 12.4 Å². The van der Waals surface area contributed by atoms with Crippen LogP contribution in [0, 0.1) is 17.9 Å². The first-order valence-electron chi connectivity index (χ1n) is 7.33. The second-order valence-electron chi connectivity index (χ2n) is 4.49. The van der Waals surface area contributed by atoms with Crippen molar-refractivity contribution in [3.8, 4) is 6.07 Å². The van der Waals surface area contributed by atoms with Gasteiger partial charge in [-0.15, -0.1) is 4.73 Å². The Labute approximate surface area is 156 Å². The van der Waals surface area contributed by atoms with Crippen LogP contribution in [-0.2, 0) is 0 Å². The Hall–Kier alpha value is -2.96. The zero-order chi connectivity index (χ0) is 19.1. The molecule has 0 spiro atoms. The number of aromatic nitrogens is 4. The topological polar surface area (TPSA) is 129 Å². The van der Waals surface area contributed by atoms with Crippen LogP contribution in [-0.4, -0.2) is 42.9 Å². The third-order valence-electron chi connectivity index (χ3n) is 2.88. The number of nitriles is 1. The second kappa shape index (κ2) is 8.94. The second-order valence-corrected chi connectivity index (χ2v) is 6.55. The smallest absolute Gasteiger partial charge is 0.249 e. The quantitative estimate of drug-likeness (QED) is 0.343. The van der Waals surface area contributed by atoms with Gasteiger partial charge >= 0.3 is 0 Å². The van der Waals surface area contributed by atoms with Crippen molar-refractivity contribution < 1.29 is 10.4 Å². The van der Waals surface area contributed by atoms with Crippen molar-refractivity contribution in [1.29, 1.82) is 5.26 Å². The molecule has 0 saturated carbocycles. The van der Waals surface area contributed by atoms with Crippen molar-refractivity contribution in [2.45, 2.75) is 24.2 Å². The van der Waals surface area contributed by atoms with Gasteiger partial charge in [0.15, 0.2) is 11.0 Å². The Morgan fingerprint density at radius 1 is 1.12 bits per heavy atom. The molecule has 2 aromatic heterocycles. The van der Waals surface area contributed by atoms with Crippen LogP contribution in [0.2, 0.25) is 0 Å². The van der Waals surface area contributed by atoms with E-state index in [0.29, 0.717) is 17.8 Å². The first-order chi connectivity index (χ1) is 12.6. The third kappa shape index (κ3) is 3.99. The van der Waals surface area contributed by atoms with Crippen molar-refractivity contribution >= 4 is 27.3 Å². The molecule has 0 saturated heterocycles. The third-order valence-corrected chi connectivity index (χ3v) is 4.96. The van der Waals surface area contributed by atoms with Crippen LogP contribution < -0.4 is 11.0 Å². The van der Waals surface area contributed by atoms with Gasteiger partial charge in [-0.05, 0) is 35.4 Å². The molecule has 2 N–H and O–H groups in total. The summed E-state index contributed by atoms with van der Waals surface area (Å²) in [4.78, 5) is 19.5. The zero-order valence-corrected chi connectivity index (χ0v) is 15.5. The highest BCUT2D eigenvalue weighted by Gasteiger charge is 2.13. The van der Waals surface area contributed by atoms with E-state index in [2.05, 4.69) is 24.8 Å². The maximum atomic E-state index is 10.2. The number of nitrogens with zero attached hydrogens (tertiary/aromatic N) is 8. The molecule has 2 rings (SSSR count). The van der Waals surface area contributed by atoms with Gasteiger partial charge in [0.05, 0.1) is 12.8 Å². The molecule has 12 heteroatoms. The lowest BCUT2D eigenvalue weighted by molar-refractivity contribution is 0.139. The minimum atomic E-state index is 0.1000. The van der Waals surface area contributed by atoms with Crippen molar-refractivity contribution in [3.63, 3.8) is 0 Å². The van der Waals surface area contributed by atoms with Crippen molar-refractivity contribution in [1.82, 2.24) is 19.4 Å². The lowest BCUT2D eigenvalue weighted by atomic mass is 10.4. The van der Waals surface area contributed by atoms with Crippen LogP contribution in [0.3, 0.4) is 0 Å². The number of rotatable bonds is 5. The molecular weight excluding hydrogens is 376 g/mol. The van der Waals surface area contributed by atoms with Gasteiger partial charge in [0, 0.05) is 19.3 Å². The molecule has 0 aliphatic carbocycles. The summed E-state index contributed by atoms with van der Waals surface area (Å²) < 4.78 is 1.43.